The van der Waals surface area contributed by atoms with Crippen LogP contribution in [0.4, 0.5) is 5.69 Å². The number of carbonyl (C=O) groups excluding carboxylic acids is 2. The third kappa shape index (κ3) is 3.55. The summed E-state index contributed by atoms with van der Waals surface area (Å²) >= 11 is 3.15. The van der Waals surface area contributed by atoms with Crippen molar-refractivity contribution in [2.24, 2.45) is 11.8 Å². The number of hydrogen-bond donors (Lipinski definition) is 2. The molecule has 0 bridgehead atoms. The number of thioether (sulfide) groups is 2. The van der Waals surface area contributed by atoms with Gasteiger partial charge in [-0.15, -0.1) is 23.5 Å². The van der Waals surface area contributed by atoms with Gasteiger partial charge >= 0.3 is 0 Å². The predicted octanol–water partition coefficient (Wildman–Crippen LogP) is 0.558. The second-order valence-corrected chi connectivity index (χ2v) is 9.52. The van der Waals surface area contributed by atoms with Gasteiger partial charge in [0, 0.05) is 34.1 Å². The van der Waals surface area contributed by atoms with Gasteiger partial charge in [-0.25, -0.2) is 0 Å². The van der Waals surface area contributed by atoms with E-state index in [0.717, 1.165) is 18.0 Å². The molecule has 1 saturated heterocycles. The second-order valence-electron chi connectivity index (χ2n) is 7.44. The molecule has 29 heavy (non-hydrogen) atoms. The van der Waals surface area contributed by atoms with Crippen molar-refractivity contribution in [3.05, 3.63) is 40.5 Å². The molecule has 0 radical (unpaired) electrons. The Morgan fingerprint density at radius 3 is 3.10 bits per heavy atom. The van der Waals surface area contributed by atoms with Gasteiger partial charge in [0.25, 0.3) is 0 Å². The van der Waals surface area contributed by atoms with Crippen molar-refractivity contribution in [1.29, 1.82) is 0 Å². The van der Waals surface area contributed by atoms with E-state index in [4.69, 9.17) is 0 Å². The fourth-order valence-electron chi connectivity index (χ4n) is 4.20. The Morgan fingerprint density at radius 2 is 2.38 bits per heavy atom. The molecule has 4 heterocycles. The number of aliphatic carboxylic acids is 1. The van der Waals surface area contributed by atoms with Crippen molar-refractivity contribution in [2.45, 2.75) is 37.4 Å². The Labute approximate surface area is 177 Å². The lowest BCUT2D eigenvalue weighted by Crippen LogP contribution is -2.64. The number of carboxylic acids is 1. The molecule has 1 aromatic rings. The molecule has 9 heteroatoms. The number of anilines is 1. The van der Waals surface area contributed by atoms with Gasteiger partial charge in [0.1, 0.15) is 5.69 Å². The lowest BCUT2D eigenvalue weighted by atomic mass is 9.79. The number of pyridine rings is 1. The number of aromatic nitrogens is 1. The topological polar surface area (TPSA) is 96.6 Å². The second kappa shape index (κ2) is 8.04. The maximum absolute atomic E-state index is 12.3. The Balaban J connectivity index is 1.46. The van der Waals surface area contributed by atoms with Crippen LogP contribution in [0.25, 0.3) is 0 Å². The van der Waals surface area contributed by atoms with Gasteiger partial charge < -0.3 is 25.2 Å². The summed E-state index contributed by atoms with van der Waals surface area (Å²) in [7, 11) is 0. The third-order valence-corrected chi connectivity index (χ3v) is 7.79. The largest absolute Gasteiger partial charge is 0.543 e. The smallest absolute Gasteiger partial charge is 0.235 e. The summed E-state index contributed by atoms with van der Waals surface area (Å²) in [5.41, 5.74) is 1.07. The van der Waals surface area contributed by atoms with Gasteiger partial charge in [-0.2, -0.15) is 4.57 Å². The van der Waals surface area contributed by atoms with Crippen LogP contribution in [0.3, 0.4) is 0 Å². The zero-order valence-corrected chi connectivity index (χ0v) is 17.8. The van der Waals surface area contributed by atoms with E-state index in [1.165, 1.54) is 21.6 Å². The van der Waals surface area contributed by atoms with Crippen LogP contribution in [0.1, 0.15) is 13.8 Å². The highest BCUT2D eigenvalue weighted by molar-refractivity contribution is 8.05. The summed E-state index contributed by atoms with van der Waals surface area (Å²) < 4.78 is 2.06. The average Bonchev–Trinajstić information content (AvgIpc) is 2.93. The molecule has 4 rings (SSSR count). The first kappa shape index (κ1) is 20.3. The number of fused-ring (bicyclic) bond motifs is 2. The Morgan fingerprint density at radius 1 is 1.59 bits per heavy atom. The maximum atomic E-state index is 12.3. The molecule has 0 saturated carbocycles. The van der Waals surface area contributed by atoms with Gasteiger partial charge in [-0.3, -0.25) is 4.79 Å². The first-order valence-electron chi connectivity index (χ1n) is 9.58. The molecule has 0 aliphatic carbocycles. The van der Waals surface area contributed by atoms with Gasteiger partial charge in [0.05, 0.1) is 29.7 Å². The molecule has 1 fully saturated rings. The molecule has 1 aromatic heterocycles. The zero-order chi connectivity index (χ0) is 20.7. The number of nitrogens with one attached hydrogen (secondary N) is 1. The van der Waals surface area contributed by atoms with Gasteiger partial charge in [0.15, 0.2) is 18.9 Å². The predicted molar refractivity (Wildman–Crippen MR) is 110 cm³/mol. The quantitative estimate of drug-likeness (QED) is 0.500. The Kier molecular flexibility index (Phi) is 5.63. The molecule has 4 atom stereocenters. The van der Waals surface area contributed by atoms with Gasteiger partial charge in [-0.1, -0.05) is 6.92 Å². The third-order valence-electron chi connectivity index (χ3n) is 5.56. The molecule has 154 valence electrons. The van der Waals surface area contributed by atoms with E-state index >= 15 is 0 Å². The highest BCUT2D eigenvalue weighted by atomic mass is 32.2. The Bertz CT molecular complexity index is 915. The summed E-state index contributed by atoms with van der Waals surface area (Å²) in [5, 5.41) is 26.8. The first-order chi connectivity index (χ1) is 13.9. The van der Waals surface area contributed by atoms with Crippen LogP contribution in [0.15, 0.2) is 45.4 Å². The van der Waals surface area contributed by atoms with Crippen LogP contribution in [-0.4, -0.2) is 46.3 Å². The van der Waals surface area contributed by atoms with Crippen molar-refractivity contribution in [3.63, 3.8) is 0 Å². The Hall–Kier alpha value is -1.97. The summed E-state index contributed by atoms with van der Waals surface area (Å²) in [4.78, 5) is 27.2. The van der Waals surface area contributed by atoms with Crippen LogP contribution in [-0.2, 0) is 16.1 Å². The number of rotatable bonds is 6. The molecular formula is C20H23N3O4S2. The van der Waals surface area contributed by atoms with Crippen molar-refractivity contribution in [2.75, 3.05) is 17.6 Å². The number of carbonyl (C=O) groups is 2. The molecule has 7 nitrogen and oxygen atoms in total. The van der Waals surface area contributed by atoms with E-state index in [-0.39, 0.29) is 23.6 Å². The van der Waals surface area contributed by atoms with Gasteiger partial charge in [0.2, 0.25) is 5.91 Å². The molecule has 0 unspecified atom stereocenters. The van der Waals surface area contributed by atoms with E-state index < -0.39 is 18.0 Å². The first-order valence-corrected chi connectivity index (χ1v) is 11.4. The molecule has 3 aliphatic heterocycles. The number of allylic oxidation sites excluding steroid dienone is 1. The van der Waals surface area contributed by atoms with E-state index in [2.05, 4.69) is 22.1 Å². The highest BCUT2D eigenvalue weighted by Gasteiger charge is 2.58. The molecule has 2 N–H and O–H groups in total. The number of hydrogen-bond acceptors (Lipinski definition) is 7. The molecular weight excluding hydrogens is 410 g/mol. The number of aliphatic hydroxyl groups is 1. The van der Waals surface area contributed by atoms with Crippen LogP contribution in [0, 0.1) is 11.8 Å². The maximum Gasteiger partial charge on any atom is 0.235 e. The fourth-order valence-corrected chi connectivity index (χ4v) is 6.04. The van der Waals surface area contributed by atoms with Crippen molar-refractivity contribution in [1.82, 2.24) is 4.90 Å². The average molecular weight is 434 g/mol. The number of carboxylic acid groups (broad SMARTS) is 1. The summed E-state index contributed by atoms with van der Waals surface area (Å²) in [6.45, 7) is 5.07. The van der Waals surface area contributed by atoms with Crippen LogP contribution in [0.5, 0.6) is 0 Å². The van der Waals surface area contributed by atoms with Crippen LogP contribution in [0.2, 0.25) is 0 Å². The van der Waals surface area contributed by atoms with Crippen molar-refractivity contribution in [3.8, 4) is 0 Å². The van der Waals surface area contributed by atoms with Crippen LogP contribution < -0.4 is 15.0 Å². The fraction of sp³-hybridized carbons (Fsp3) is 0.450. The summed E-state index contributed by atoms with van der Waals surface area (Å²) in [5.74, 6) is -1.34. The van der Waals surface area contributed by atoms with E-state index in [9.17, 15) is 19.8 Å². The van der Waals surface area contributed by atoms with E-state index in [1.807, 2.05) is 36.4 Å². The standard InChI is InChI=1S/C20H23N3O4S2/c1-11-16-15(12(2)24)19(25)23(16)17(20(26)27)18(11)29-8-3-6-22-7-4-14-13(10-22)21-5-9-28-14/h3-4,7-8,10-12,15-16,21,24H,5-6,9H2,1-2H3/b8-3-/t11-,12-,15-,16-/m1/s1. The normalized spacial score (nSPS) is 26.8. The number of amides is 1. The minimum Gasteiger partial charge on any atom is -0.543 e. The lowest BCUT2D eigenvalue weighted by Gasteiger charge is -2.47. The lowest BCUT2D eigenvalue weighted by molar-refractivity contribution is -0.686. The van der Waals surface area contributed by atoms with Crippen molar-refractivity contribution >= 4 is 41.1 Å². The van der Waals surface area contributed by atoms with E-state index in [1.54, 1.807) is 6.92 Å². The minimum absolute atomic E-state index is 0.0540. The number of nitrogens with zero attached hydrogens (tertiary/aromatic N) is 2. The molecule has 1 amide bonds. The van der Waals surface area contributed by atoms with Gasteiger partial charge in [-0.05, 0) is 18.4 Å². The SMILES string of the molecule is C[C@@H](O)[C@H]1C(=O)N2C(C(=O)[O-])=C(S/C=C\C[n+]3ccc4c(c3)NCCS4)[C@H](C)[C@H]12. The zero-order valence-electron chi connectivity index (χ0n) is 16.2. The van der Waals surface area contributed by atoms with Crippen molar-refractivity contribution < 1.29 is 24.4 Å². The van der Waals surface area contributed by atoms with Crippen LogP contribution >= 0.6 is 23.5 Å². The summed E-state index contributed by atoms with van der Waals surface area (Å²) in [6.07, 6.45) is 5.25. The number of aliphatic hydroxyl groups excluding tert-OH is 1. The minimum atomic E-state index is -1.35. The highest BCUT2D eigenvalue weighted by Crippen LogP contribution is 2.50. The summed E-state index contributed by atoms with van der Waals surface area (Å²) in [6, 6.07) is 1.78. The molecule has 3 aliphatic rings. The molecule has 0 aromatic carbocycles. The molecule has 0 spiro atoms. The number of β-lactam (4-membered cyclic amide) rings is 1. The monoisotopic (exact) mass is 433 g/mol. The van der Waals surface area contributed by atoms with E-state index in [0.29, 0.717) is 11.4 Å².